The first kappa shape index (κ1) is 19.7. The molecule has 2 aromatic heterocycles. The van der Waals surface area contributed by atoms with Gasteiger partial charge in [0, 0.05) is 26.1 Å². The van der Waals surface area contributed by atoms with Gasteiger partial charge in [-0.05, 0) is 37.6 Å². The summed E-state index contributed by atoms with van der Waals surface area (Å²) >= 11 is 0. The highest BCUT2D eigenvalue weighted by Gasteiger charge is 2.14. The van der Waals surface area contributed by atoms with Crippen LogP contribution in [0.3, 0.4) is 0 Å². The summed E-state index contributed by atoms with van der Waals surface area (Å²) in [6.45, 7) is 5.71. The van der Waals surface area contributed by atoms with Gasteiger partial charge in [0.25, 0.3) is 5.56 Å². The van der Waals surface area contributed by atoms with Gasteiger partial charge in [-0.15, -0.1) is 0 Å². The molecule has 7 nitrogen and oxygen atoms in total. The van der Waals surface area contributed by atoms with E-state index in [1.54, 1.807) is 12.1 Å². The summed E-state index contributed by atoms with van der Waals surface area (Å²) in [5.41, 5.74) is 0.769. The van der Waals surface area contributed by atoms with Gasteiger partial charge in [0.1, 0.15) is 11.2 Å². The number of benzene rings is 1. The number of hydrogen-bond acceptors (Lipinski definition) is 4. The molecule has 0 aliphatic rings. The van der Waals surface area contributed by atoms with E-state index in [4.69, 9.17) is 0 Å². The second-order valence-electron chi connectivity index (χ2n) is 6.59. The zero-order chi connectivity index (χ0) is 20.1. The third kappa shape index (κ3) is 4.11. The Kier molecular flexibility index (Phi) is 6.18. The van der Waals surface area contributed by atoms with Crippen LogP contribution in [-0.4, -0.2) is 43.2 Å². The fraction of sp³-hybridized carbons (Fsp3) is 0.400. The van der Waals surface area contributed by atoms with Crippen molar-refractivity contribution in [2.45, 2.75) is 39.7 Å². The number of fused-ring (bicyclic) bond motifs is 1. The number of hydrogen-bond donors (Lipinski definition) is 0. The number of rotatable bonds is 8. The van der Waals surface area contributed by atoms with Crippen molar-refractivity contribution in [3.8, 4) is 5.69 Å². The highest BCUT2D eigenvalue weighted by molar-refractivity contribution is 5.76. The van der Waals surface area contributed by atoms with Crippen LogP contribution in [0, 0.1) is 5.82 Å². The van der Waals surface area contributed by atoms with Gasteiger partial charge in [-0.3, -0.25) is 14.2 Å². The van der Waals surface area contributed by atoms with Crippen LogP contribution in [0.25, 0.3) is 16.7 Å². The lowest BCUT2D eigenvalue weighted by Gasteiger charge is -2.20. The van der Waals surface area contributed by atoms with E-state index in [1.807, 2.05) is 11.8 Å². The first-order valence-corrected chi connectivity index (χ1v) is 9.52. The largest absolute Gasteiger partial charge is 0.343 e. The minimum absolute atomic E-state index is 0.0324. The Labute approximate surface area is 162 Å². The molecule has 3 rings (SSSR count). The maximum Gasteiger partial charge on any atom is 0.264 e. The Hall–Kier alpha value is -3.03. The molecule has 0 aliphatic carbocycles. The van der Waals surface area contributed by atoms with Crippen LogP contribution in [0.15, 0.2) is 41.6 Å². The molecule has 0 saturated heterocycles. The normalized spacial score (nSPS) is 11.1. The van der Waals surface area contributed by atoms with Crippen molar-refractivity contribution in [3.63, 3.8) is 0 Å². The van der Waals surface area contributed by atoms with E-state index in [9.17, 15) is 14.0 Å². The number of halogens is 1. The predicted molar refractivity (Wildman–Crippen MR) is 105 cm³/mol. The quantitative estimate of drug-likeness (QED) is 0.598. The van der Waals surface area contributed by atoms with E-state index in [1.165, 1.54) is 33.9 Å². The zero-order valence-corrected chi connectivity index (χ0v) is 16.1. The summed E-state index contributed by atoms with van der Waals surface area (Å²) in [5, 5.41) is 4.57. The van der Waals surface area contributed by atoms with Gasteiger partial charge in [0.2, 0.25) is 5.91 Å². The van der Waals surface area contributed by atoms with Crippen molar-refractivity contribution in [3.05, 3.63) is 53.0 Å². The summed E-state index contributed by atoms with van der Waals surface area (Å²) in [6.07, 6.45) is 5.13. The molecule has 0 radical (unpaired) electrons. The fourth-order valence-electron chi connectivity index (χ4n) is 3.06. The average molecular weight is 385 g/mol. The molecule has 0 spiro atoms. The first-order valence-electron chi connectivity index (χ1n) is 9.52. The van der Waals surface area contributed by atoms with E-state index >= 15 is 0 Å². The lowest BCUT2D eigenvalue weighted by atomic mass is 10.3. The van der Waals surface area contributed by atoms with E-state index in [-0.39, 0.29) is 30.2 Å². The molecule has 3 aromatic rings. The molecule has 0 fully saturated rings. The maximum absolute atomic E-state index is 13.1. The summed E-state index contributed by atoms with van der Waals surface area (Å²) in [7, 11) is 0. The van der Waals surface area contributed by atoms with Crippen molar-refractivity contribution in [1.29, 1.82) is 0 Å². The van der Waals surface area contributed by atoms with Crippen molar-refractivity contribution < 1.29 is 9.18 Å². The van der Waals surface area contributed by atoms with Crippen molar-refractivity contribution in [1.82, 2.24) is 24.2 Å². The topological polar surface area (TPSA) is 73.0 Å². The van der Waals surface area contributed by atoms with Crippen LogP contribution >= 0.6 is 0 Å². The summed E-state index contributed by atoms with van der Waals surface area (Å²) in [4.78, 5) is 31.3. The van der Waals surface area contributed by atoms with E-state index < -0.39 is 0 Å². The molecule has 148 valence electrons. The third-order valence-electron chi connectivity index (χ3n) is 4.71. The molecule has 8 heteroatoms. The van der Waals surface area contributed by atoms with Crippen molar-refractivity contribution >= 4 is 16.9 Å². The molecule has 0 N–H and O–H groups in total. The summed E-state index contributed by atoms with van der Waals surface area (Å²) in [6, 6.07) is 5.80. The molecule has 0 atom stereocenters. The third-order valence-corrected chi connectivity index (χ3v) is 4.71. The Balaban J connectivity index is 1.79. The highest BCUT2D eigenvalue weighted by atomic mass is 19.1. The average Bonchev–Trinajstić information content (AvgIpc) is 3.13. The number of unbranched alkanes of at least 4 members (excludes halogenated alkanes) is 1. The second kappa shape index (κ2) is 8.77. The van der Waals surface area contributed by atoms with Crippen LogP contribution in [0.2, 0.25) is 0 Å². The van der Waals surface area contributed by atoms with E-state index in [0.717, 1.165) is 19.4 Å². The SMILES string of the molecule is CCCCN(CC)C(=O)CCn1cnc2c(cnn2-c2ccc(F)cc2)c1=O. The van der Waals surface area contributed by atoms with Crippen LogP contribution in [-0.2, 0) is 11.3 Å². The predicted octanol–water partition coefficient (Wildman–Crippen LogP) is 2.76. The molecule has 0 saturated carbocycles. The monoisotopic (exact) mass is 385 g/mol. The molecule has 2 heterocycles. The van der Waals surface area contributed by atoms with Gasteiger partial charge in [0.15, 0.2) is 5.65 Å². The Morgan fingerprint density at radius 3 is 2.64 bits per heavy atom. The number of amides is 1. The van der Waals surface area contributed by atoms with Gasteiger partial charge in [-0.2, -0.15) is 5.10 Å². The standard InChI is InChI=1S/C20H24FN5O2/c1-3-5-11-24(4-2)18(27)10-12-25-14-22-19-17(20(25)28)13-23-26(19)16-8-6-15(21)7-9-16/h6-9,13-14H,3-5,10-12H2,1-2H3. The number of carbonyl (C=O) groups is 1. The molecule has 1 aromatic carbocycles. The van der Waals surface area contributed by atoms with Gasteiger partial charge < -0.3 is 4.90 Å². The molecular formula is C20H24FN5O2. The molecule has 1 amide bonds. The van der Waals surface area contributed by atoms with Crippen LogP contribution < -0.4 is 5.56 Å². The Morgan fingerprint density at radius 2 is 1.96 bits per heavy atom. The Morgan fingerprint density at radius 1 is 1.21 bits per heavy atom. The van der Waals surface area contributed by atoms with Gasteiger partial charge >= 0.3 is 0 Å². The molecule has 0 unspecified atom stereocenters. The fourth-order valence-corrected chi connectivity index (χ4v) is 3.06. The number of carbonyl (C=O) groups excluding carboxylic acids is 1. The van der Waals surface area contributed by atoms with Gasteiger partial charge in [-0.1, -0.05) is 13.3 Å². The lowest BCUT2D eigenvalue weighted by Crippen LogP contribution is -2.33. The number of nitrogens with zero attached hydrogens (tertiary/aromatic N) is 5. The Bertz CT molecular complexity index is 1010. The number of aryl methyl sites for hydroxylation is 1. The van der Waals surface area contributed by atoms with Crippen molar-refractivity contribution in [2.24, 2.45) is 0 Å². The van der Waals surface area contributed by atoms with Crippen LogP contribution in [0.4, 0.5) is 4.39 Å². The van der Waals surface area contributed by atoms with E-state index in [0.29, 0.717) is 23.3 Å². The molecule has 0 aliphatic heterocycles. The van der Waals surface area contributed by atoms with Crippen molar-refractivity contribution in [2.75, 3.05) is 13.1 Å². The summed E-state index contributed by atoms with van der Waals surface area (Å²) in [5.74, 6) is -0.315. The van der Waals surface area contributed by atoms with Crippen LogP contribution in [0.5, 0.6) is 0 Å². The number of aromatic nitrogens is 4. The zero-order valence-electron chi connectivity index (χ0n) is 16.1. The summed E-state index contributed by atoms with van der Waals surface area (Å²) < 4.78 is 16.1. The van der Waals surface area contributed by atoms with Gasteiger partial charge in [-0.25, -0.2) is 14.1 Å². The van der Waals surface area contributed by atoms with E-state index in [2.05, 4.69) is 17.0 Å². The maximum atomic E-state index is 13.1. The molecular weight excluding hydrogens is 361 g/mol. The molecule has 0 bridgehead atoms. The molecule has 28 heavy (non-hydrogen) atoms. The second-order valence-corrected chi connectivity index (χ2v) is 6.59. The minimum atomic E-state index is -0.347. The van der Waals surface area contributed by atoms with Gasteiger partial charge in [0.05, 0.1) is 18.2 Å². The van der Waals surface area contributed by atoms with Crippen LogP contribution in [0.1, 0.15) is 33.1 Å². The minimum Gasteiger partial charge on any atom is -0.343 e. The highest BCUT2D eigenvalue weighted by Crippen LogP contribution is 2.14. The smallest absolute Gasteiger partial charge is 0.264 e. The lowest BCUT2D eigenvalue weighted by molar-refractivity contribution is -0.131. The first-order chi connectivity index (χ1) is 13.5.